The van der Waals surface area contributed by atoms with Crippen molar-refractivity contribution >= 4 is 17.9 Å². The average molecular weight is 1160 g/mol. The molecule has 0 saturated heterocycles. The molecule has 1 N–H and O–H groups in total. The van der Waals surface area contributed by atoms with Gasteiger partial charge in [-0.15, -0.1) is 0 Å². The SMILES string of the molecule is CC/C=C\C/C=C\C/C=C\C/C=C\C/C=C\C/C=C\C/C=C\CCCCCCCCCCCCCCCCCCCC(=O)OC(COC(=O)CCCCCCCCCCC/C=C\CCCCCCCC)COC(OCC[N+](C)(C)C)C(=O)O. The summed E-state index contributed by atoms with van der Waals surface area (Å²) >= 11 is 0. The van der Waals surface area contributed by atoms with Crippen molar-refractivity contribution < 1.29 is 42.9 Å². The summed E-state index contributed by atoms with van der Waals surface area (Å²) in [5.74, 6) is -2.00. The number of hydrogen-bond acceptors (Lipinski definition) is 7. The molecule has 0 rings (SSSR count). The van der Waals surface area contributed by atoms with Crippen LogP contribution < -0.4 is 0 Å². The number of likely N-dealkylation sites (N-methyl/N-ethyl adjacent to an activating group) is 1. The van der Waals surface area contributed by atoms with Gasteiger partial charge in [-0.3, -0.25) is 9.59 Å². The minimum Gasteiger partial charge on any atom is -0.477 e. The number of allylic oxidation sites excluding steroid dienone is 16. The highest BCUT2D eigenvalue weighted by molar-refractivity contribution is 5.71. The van der Waals surface area contributed by atoms with Gasteiger partial charge in [-0.2, -0.15) is 0 Å². The number of hydrogen-bond donors (Lipinski definition) is 1. The molecule has 2 unspecified atom stereocenters. The molecule has 0 fully saturated rings. The maximum Gasteiger partial charge on any atom is 0.361 e. The second-order valence-corrected chi connectivity index (χ2v) is 24.1. The molecule has 0 aliphatic heterocycles. The van der Waals surface area contributed by atoms with Gasteiger partial charge in [0.1, 0.15) is 13.2 Å². The van der Waals surface area contributed by atoms with Crippen molar-refractivity contribution in [2.24, 2.45) is 0 Å². The first-order chi connectivity index (χ1) is 40.6. The number of ether oxygens (including phenoxy) is 4. The van der Waals surface area contributed by atoms with Crippen LogP contribution in [-0.4, -0.2) is 87.4 Å². The van der Waals surface area contributed by atoms with Gasteiger partial charge in [-0.25, -0.2) is 4.79 Å². The summed E-state index contributed by atoms with van der Waals surface area (Å²) in [6.07, 6.45) is 85.2. The quantitative estimate of drug-likeness (QED) is 0.0211. The fraction of sp³-hybridized carbons (Fsp3) is 0.743. The van der Waals surface area contributed by atoms with Crippen molar-refractivity contribution in [2.45, 2.75) is 309 Å². The van der Waals surface area contributed by atoms with Crippen molar-refractivity contribution in [1.82, 2.24) is 0 Å². The molecular weight excluding hydrogens is 1030 g/mol. The Kier molecular flexibility index (Phi) is 61.3. The van der Waals surface area contributed by atoms with Gasteiger partial charge in [0.2, 0.25) is 0 Å². The Morgan fingerprint density at radius 2 is 0.687 bits per heavy atom. The van der Waals surface area contributed by atoms with Gasteiger partial charge in [-0.1, -0.05) is 284 Å². The van der Waals surface area contributed by atoms with Crippen LogP contribution >= 0.6 is 0 Å². The predicted molar refractivity (Wildman–Crippen MR) is 355 cm³/mol. The number of carboxylic acid groups (broad SMARTS) is 1. The van der Waals surface area contributed by atoms with E-state index in [1.807, 2.05) is 21.1 Å². The summed E-state index contributed by atoms with van der Waals surface area (Å²) in [5, 5.41) is 9.73. The lowest BCUT2D eigenvalue weighted by molar-refractivity contribution is -0.870. The van der Waals surface area contributed by atoms with E-state index < -0.39 is 24.3 Å². The first-order valence-electron chi connectivity index (χ1n) is 34.4. The highest BCUT2D eigenvalue weighted by Crippen LogP contribution is 2.17. The molecular formula is C74H130NO8+. The van der Waals surface area contributed by atoms with Gasteiger partial charge >= 0.3 is 17.9 Å². The van der Waals surface area contributed by atoms with E-state index in [2.05, 4.69) is 111 Å². The van der Waals surface area contributed by atoms with Crippen LogP contribution in [0.3, 0.4) is 0 Å². The highest BCUT2D eigenvalue weighted by Gasteiger charge is 2.25. The Bertz CT molecular complexity index is 1680. The van der Waals surface area contributed by atoms with Gasteiger partial charge in [0, 0.05) is 12.8 Å². The molecule has 83 heavy (non-hydrogen) atoms. The zero-order valence-corrected chi connectivity index (χ0v) is 54.6. The van der Waals surface area contributed by atoms with Crippen LogP contribution in [0.1, 0.15) is 296 Å². The Balaban J connectivity index is 4.06. The number of quaternary nitrogens is 1. The average Bonchev–Trinajstić information content (AvgIpc) is 3.46. The summed E-state index contributed by atoms with van der Waals surface area (Å²) in [5.41, 5.74) is 0. The molecule has 9 heteroatoms. The van der Waals surface area contributed by atoms with Crippen molar-refractivity contribution in [3.63, 3.8) is 0 Å². The fourth-order valence-corrected chi connectivity index (χ4v) is 9.58. The van der Waals surface area contributed by atoms with Crippen molar-refractivity contribution in [1.29, 1.82) is 0 Å². The van der Waals surface area contributed by atoms with Crippen molar-refractivity contribution in [2.75, 3.05) is 47.5 Å². The largest absolute Gasteiger partial charge is 0.477 e. The Morgan fingerprint density at radius 1 is 0.373 bits per heavy atom. The standard InChI is InChI=1S/C74H129NO8/c1-6-8-10-12-14-16-18-20-22-24-26-27-28-29-30-31-32-33-34-35-36-37-38-39-40-41-42-43-44-45-47-49-51-53-55-57-59-61-63-65-72(77)83-70(69-82-74(73(78)79)80-67-66-75(3,4)5)68-81-71(76)64-62-60-58-56-54-52-50-48-46-25-23-21-19-17-15-13-11-9-7-2/h8,10,14,16,20-23,26-27,29-30,32-33,35-36,70,74H,6-7,9,11-13,15,17-19,24-25,28,31,34,37-69H2,1-5H3/p+1/b10-8-,16-14-,22-20-,23-21-,27-26-,30-29-,33-32-,36-35-. The van der Waals surface area contributed by atoms with Gasteiger partial charge in [0.05, 0.1) is 34.4 Å². The maximum absolute atomic E-state index is 12.9. The fourth-order valence-electron chi connectivity index (χ4n) is 9.58. The van der Waals surface area contributed by atoms with Gasteiger partial charge in [0.25, 0.3) is 6.29 Å². The molecule has 0 bridgehead atoms. The zero-order chi connectivity index (χ0) is 60.5. The first kappa shape index (κ1) is 79.2. The van der Waals surface area contributed by atoms with E-state index in [9.17, 15) is 19.5 Å². The van der Waals surface area contributed by atoms with Gasteiger partial charge in [0.15, 0.2) is 6.10 Å². The second kappa shape index (κ2) is 64.2. The van der Waals surface area contributed by atoms with Crippen LogP contribution in [0.4, 0.5) is 0 Å². The molecule has 0 saturated carbocycles. The number of esters is 2. The van der Waals surface area contributed by atoms with Crippen LogP contribution in [0.25, 0.3) is 0 Å². The topological polar surface area (TPSA) is 108 Å². The van der Waals surface area contributed by atoms with E-state index in [1.54, 1.807) is 0 Å². The van der Waals surface area contributed by atoms with E-state index >= 15 is 0 Å². The Labute approximate surface area is 512 Å². The molecule has 0 aromatic carbocycles. The van der Waals surface area contributed by atoms with E-state index in [-0.39, 0.29) is 32.2 Å². The zero-order valence-electron chi connectivity index (χ0n) is 54.6. The first-order valence-corrected chi connectivity index (χ1v) is 34.4. The summed E-state index contributed by atoms with van der Waals surface area (Å²) in [7, 11) is 5.98. The molecule has 0 heterocycles. The van der Waals surface area contributed by atoms with Crippen molar-refractivity contribution in [3.8, 4) is 0 Å². The molecule has 0 radical (unpaired) electrons. The van der Waals surface area contributed by atoms with Crippen LogP contribution in [0.5, 0.6) is 0 Å². The lowest BCUT2D eigenvalue weighted by Crippen LogP contribution is -2.40. The molecule has 478 valence electrons. The molecule has 0 aromatic rings. The Hall–Kier alpha value is -3.79. The molecule has 0 amide bonds. The monoisotopic (exact) mass is 1160 g/mol. The number of rotatable bonds is 63. The summed E-state index contributed by atoms with van der Waals surface area (Å²) in [6, 6.07) is 0. The summed E-state index contributed by atoms with van der Waals surface area (Å²) in [6.45, 7) is 4.78. The summed E-state index contributed by atoms with van der Waals surface area (Å²) in [4.78, 5) is 37.6. The van der Waals surface area contributed by atoms with Crippen LogP contribution in [0.15, 0.2) is 97.2 Å². The number of nitrogens with zero attached hydrogens (tertiary/aromatic N) is 1. The predicted octanol–water partition coefficient (Wildman–Crippen LogP) is 21.2. The number of carbonyl (C=O) groups is 3. The summed E-state index contributed by atoms with van der Waals surface area (Å²) < 4.78 is 23.0. The number of unbranched alkanes of at least 4 members (excludes halogenated alkanes) is 32. The molecule has 0 aliphatic rings. The third-order valence-corrected chi connectivity index (χ3v) is 14.8. The second-order valence-electron chi connectivity index (χ2n) is 24.1. The van der Waals surface area contributed by atoms with E-state index in [0.29, 0.717) is 17.4 Å². The van der Waals surface area contributed by atoms with Crippen LogP contribution in [0.2, 0.25) is 0 Å². The van der Waals surface area contributed by atoms with Crippen molar-refractivity contribution in [3.05, 3.63) is 97.2 Å². The molecule has 0 aliphatic carbocycles. The third-order valence-electron chi connectivity index (χ3n) is 14.8. The molecule has 0 spiro atoms. The van der Waals surface area contributed by atoms with Crippen LogP contribution in [-0.2, 0) is 33.3 Å². The number of carbonyl (C=O) groups excluding carboxylic acids is 2. The Morgan fingerprint density at radius 3 is 1.04 bits per heavy atom. The minimum atomic E-state index is -1.51. The molecule has 2 atom stereocenters. The van der Waals surface area contributed by atoms with Gasteiger partial charge in [-0.05, 0) is 96.3 Å². The van der Waals surface area contributed by atoms with E-state index in [1.165, 1.54) is 186 Å². The lowest BCUT2D eigenvalue weighted by atomic mass is 10.0. The number of carboxylic acids is 1. The van der Waals surface area contributed by atoms with Crippen LogP contribution in [0, 0.1) is 0 Å². The van der Waals surface area contributed by atoms with E-state index in [4.69, 9.17) is 18.9 Å². The molecule has 0 aromatic heterocycles. The third kappa shape index (κ3) is 65.6. The van der Waals surface area contributed by atoms with Gasteiger partial charge < -0.3 is 28.5 Å². The smallest absolute Gasteiger partial charge is 0.361 e. The van der Waals surface area contributed by atoms with E-state index in [0.717, 1.165) is 83.5 Å². The normalized spacial score (nSPS) is 13.3. The highest BCUT2D eigenvalue weighted by atomic mass is 16.7. The lowest BCUT2D eigenvalue weighted by Gasteiger charge is -2.25. The molecule has 9 nitrogen and oxygen atoms in total. The number of aliphatic carboxylic acids is 1. The minimum absolute atomic E-state index is 0.183. The maximum atomic E-state index is 12.9.